The van der Waals surface area contributed by atoms with Crippen molar-refractivity contribution in [1.29, 1.82) is 0 Å². The Morgan fingerprint density at radius 2 is 1.67 bits per heavy atom. The number of carbonyl (C=O) groups excluding carboxylic acids is 1. The van der Waals surface area contributed by atoms with Crippen LogP contribution in [0.5, 0.6) is 0 Å². The van der Waals surface area contributed by atoms with Gasteiger partial charge in [-0.3, -0.25) is 4.79 Å². The van der Waals surface area contributed by atoms with Crippen LogP contribution in [0.2, 0.25) is 0 Å². The van der Waals surface area contributed by atoms with E-state index in [1.54, 1.807) is 0 Å². The number of nitrogens with two attached hydrogens (primary N) is 1. The van der Waals surface area contributed by atoms with Crippen LogP contribution in [0.3, 0.4) is 0 Å². The van der Waals surface area contributed by atoms with E-state index in [0.29, 0.717) is 0 Å². The molecule has 1 aliphatic rings. The van der Waals surface area contributed by atoms with Crippen LogP contribution in [0.4, 0.5) is 0 Å². The number of hydrogen-bond donors (Lipinski definition) is 2. The van der Waals surface area contributed by atoms with Crippen LogP contribution in [0.25, 0.3) is 0 Å². The summed E-state index contributed by atoms with van der Waals surface area (Å²) in [5, 5.41) is 3.25. The van der Waals surface area contributed by atoms with E-state index in [0.717, 1.165) is 31.2 Å². The summed E-state index contributed by atoms with van der Waals surface area (Å²) < 4.78 is 0. The maximum absolute atomic E-state index is 12.6. The molecule has 128 valence electrons. The Labute approximate surface area is 150 Å². The van der Waals surface area contributed by atoms with E-state index in [-0.39, 0.29) is 36.3 Å². The highest BCUT2D eigenvalue weighted by atomic mass is 35.5. The van der Waals surface area contributed by atoms with Gasteiger partial charge in [0.05, 0.1) is 6.04 Å². The first-order valence-electron chi connectivity index (χ1n) is 8.37. The minimum Gasteiger partial charge on any atom is -0.349 e. The molecule has 24 heavy (non-hydrogen) atoms. The first-order chi connectivity index (χ1) is 11.2. The molecule has 0 radical (unpaired) electrons. The lowest BCUT2D eigenvalue weighted by Gasteiger charge is -2.21. The van der Waals surface area contributed by atoms with Crippen LogP contribution in [0.1, 0.15) is 36.4 Å². The fourth-order valence-electron chi connectivity index (χ4n) is 3.33. The number of rotatable bonds is 5. The molecule has 0 heterocycles. The number of benzene rings is 2. The highest BCUT2D eigenvalue weighted by Crippen LogP contribution is 2.26. The fourth-order valence-corrected chi connectivity index (χ4v) is 3.33. The van der Waals surface area contributed by atoms with Gasteiger partial charge in [0.1, 0.15) is 0 Å². The van der Waals surface area contributed by atoms with Gasteiger partial charge in [0.2, 0.25) is 5.91 Å². The maximum Gasteiger partial charge on any atom is 0.223 e. The van der Waals surface area contributed by atoms with Crippen molar-refractivity contribution in [3.8, 4) is 0 Å². The van der Waals surface area contributed by atoms with Gasteiger partial charge in [0.15, 0.2) is 0 Å². The van der Waals surface area contributed by atoms with Gasteiger partial charge in [-0.05, 0) is 36.8 Å². The standard InChI is InChI=1S/C20H24N2O.ClH/c21-18-12-11-17(14-18)20(23)22-19(16-9-5-2-6-10-16)13-15-7-3-1-4-8-15;/h1-10,17-19H,11-14,21H2,(H,22,23);1H. The zero-order valence-electron chi connectivity index (χ0n) is 13.7. The zero-order chi connectivity index (χ0) is 16.1. The molecule has 1 amide bonds. The number of hydrogen-bond acceptors (Lipinski definition) is 2. The predicted molar refractivity (Wildman–Crippen MR) is 100 cm³/mol. The molecule has 3 unspecified atom stereocenters. The van der Waals surface area contributed by atoms with Crippen molar-refractivity contribution in [2.24, 2.45) is 11.7 Å². The van der Waals surface area contributed by atoms with E-state index in [4.69, 9.17) is 5.73 Å². The first-order valence-corrected chi connectivity index (χ1v) is 8.37. The van der Waals surface area contributed by atoms with E-state index >= 15 is 0 Å². The molecule has 0 spiro atoms. The van der Waals surface area contributed by atoms with Crippen LogP contribution in [0, 0.1) is 5.92 Å². The number of carbonyl (C=O) groups is 1. The van der Waals surface area contributed by atoms with Crippen molar-refractivity contribution in [2.45, 2.75) is 37.8 Å². The summed E-state index contributed by atoms with van der Waals surface area (Å²) in [4.78, 5) is 12.6. The van der Waals surface area contributed by atoms with Gasteiger partial charge in [-0.2, -0.15) is 0 Å². The van der Waals surface area contributed by atoms with Gasteiger partial charge in [-0.1, -0.05) is 60.7 Å². The predicted octanol–water partition coefficient (Wildman–Crippen LogP) is 3.64. The van der Waals surface area contributed by atoms with Crippen molar-refractivity contribution >= 4 is 18.3 Å². The monoisotopic (exact) mass is 344 g/mol. The molecule has 1 saturated carbocycles. The molecule has 0 bridgehead atoms. The molecular weight excluding hydrogens is 320 g/mol. The third-order valence-corrected chi connectivity index (χ3v) is 4.65. The molecule has 1 aliphatic carbocycles. The van der Waals surface area contributed by atoms with Crippen LogP contribution in [-0.4, -0.2) is 11.9 Å². The summed E-state index contributed by atoms with van der Waals surface area (Å²) in [5.41, 5.74) is 8.32. The summed E-state index contributed by atoms with van der Waals surface area (Å²) in [7, 11) is 0. The quantitative estimate of drug-likeness (QED) is 0.870. The summed E-state index contributed by atoms with van der Waals surface area (Å²) in [6.07, 6.45) is 3.46. The van der Waals surface area contributed by atoms with Crippen LogP contribution < -0.4 is 11.1 Å². The van der Waals surface area contributed by atoms with Crippen LogP contribution >= 0.6 is 12.4 Å². The largest absolute Gasteiger partial charge is 0.349 e. The molecule has 3 rings (SSSR count). The fraction of sp³-hybridized carbons (Fsp3) is 0.350. The Bertz CT molecular complexity index is 633. The van der Waals surface area contributed by atoms with Gasteiger partial charge in [0, 0.05) is 12.0 Å². The Kier molecular flexibility index (Phi) is 6.83. The summed E-state index contributed by atoms with van der Waals surface area (Å²) in [6.45, 7) is 0. The van der Waals surface area contributed by atoms with Crippen molar-refractivity contribution in [3.05, 3.63) is 71.8 Å². The van der Waals surface area contributed by atoms with Crippen molar-refractivity contribution in [3.63, 3.8) is 0 Å². The lowest BCUT2D eigenvalue weighted by Crippen LogP contribution is -2.34. The third kappa shape index (κ3) is 4.83. The number of nitrogens with one attached hydrogen (secondary N) is 1. The van der Waals surface area contributed by atoms with Gasteiger partial charge < -0.3 is 11.1 Å². The number of halogens is 1. The van der Waals surface area contributed by atoms with Gasteiger partial charge in [-0.25, -0.2) is 0 Å². The molecular formula is C20H25ClN2O. The average Bonchev–Trinajstić information content (AvgIpc) is 3.03. The van der Waals surface area contributed by atoms with Crippen molar-refractivity contribution in [2.75, 3.05) is 0 Å². The molecule has 2 aromatic rings. The van der Waals surface area contributed by atoms with E-state index in [1.807, 2.05) is 36.4 Å². The zero-order valence-corrected chi connectivity index (χ0v) is 14.5. The maximum atomic E-state index is 12.6. The van der Waals surface area contributed by atoms with Gasteiger partial charge in [0.25, 0.3) is 0 Å². The Balaban J connectivity index is 0.00000208. The molecule has 0 aliphatic heterocycles. The molecule has 2 aromatic carbocycles. The average molecular weight is 345 g/mol. The van der Waals surface area contributed by atoms with Crippen molar-refractivity contribution in [1.82, 2.24) is 5.32 Å². The topological polar surface area (TPSA) is 55.1 Å². The lowest BCUT2D eigenvalue weighted by atomic mass is 9.97. The molecule has 4 heteroatoms. The molecule has 0 saturated heterocycles. The molecule has 0 aromatic heterocycles. The summed E-state index contributed by atoms with van der Waals surface area (Å²) in [5.74, 6) is 0.203. The Morgan fingerprint density at radius 1 is 1.04 bits per heavy atom. The highest BCUT2D eigenvalue weighted by molar-refractivity contribution is 5.85. The van der Waals surface area contributed by atoms with Gasteiger partial charge in [-0.15, -0.1) is 12.4 Å². The van der Waals surface area contributed by atoms with Gasteiger partial charge >= 0.3 is 0 Å². The minimum atomic E-state index is 0. The molecule has 1 fully saturated rings. The Morgan fingerprint density at radius 3 is 2.25 bits per heavy atom. The van der Waals surface area contributed by atoms with E-state index in [9.17, 15) is 4.79 Å². The molecule has 3 atom stereocenters. The minimum absolute atomic E-state index is 0. The van der Waals surface area contributed by atoms with E-state index in [2.05, 4.69) is 29.6 Å². The summed E-state index contributed by atoms with van der Waals surface area (Å²) in [6, 6.07) is 20.7. The SMILES string of the molecule is Cl.NC1CCC(C(=O)NC(Cc2ccccc2)c2ccccc2)C1. The summed E-state index contributed by atoms with van der Waals surface area (Å²) >= 11 is 0. The molecule has 3 nitrogen and oxygen atoms in total. The second kappa shape index (κ2) is 8.86. The molecule has 3 N–H and O–H groups in total. The van der Waals surface area contributed by atoms with Crippen LogP contribution in [-0.2, 0) is 11.2 Å². The smallest absolute Gasteiger partial charge is 0.223 e. The number of amides is 1. The van der Waals surface area contributed by atoms with Crippen molar-refractivity contribution < 1.29 is 4.79 Å². The van der Waals surface area contributed by atoms with E-state index in [1.165, 1.54) is 5.56 Å². The Hall–Kier alpha value is -1.84. The van der Waals surface area contributed by atoms with E-state index < -0.39 is 0 Å². The highest BCUT2D eigenvalue weighted by Gasteiger charge is 2.29. The van der Waals surface area contributed by atoms with Crippen LogP contribution in [0.15, 0.2) is 60.7 Å². The second-order valence-corrected chi connectivity index (χ2v) is 6.43. The second-order valence-electron chi connectivity index (χ2n) is 6.43. The first kappa shape index (κ1) is 18.5. The lowest BCUT2D eigenvalue weighted by molar-refractivity contribution is -0.125. The normalized spacial score (nSPS) is 20.9. The third-order valence-electron chi connectivity index (χ3n) is 4.65.